The van der Waals surface area contributed by atoms with Crippen LogP contribution in [0.5, 0.6) is 5.75 Å². The Morgan fingerprint density at radius 3 is 3.00 bits per heavy atom. The van der Waals surface area contributed by atoms with E-state index >= 15 is 0 Å². The van der Waals surface area contributed by atoms with Crippen LogP contribution in [0, 0.1) is 13.8 Å². The maximum atomic E-state index is 12.3. The Morgan fingerprint density at radius 2 is 2.29 bits per heavy atom. The molecule has 3 rings (SSSR count). The Bertz CT molecular complexity index is 671. The van der Waals surface area contributed by atoms with Crippen molar-refractivity contribution < 1.29 is 9.90 Å². The molecule has 0 aliphatic heterocycles. The lowest BCUT2D eigenvalue weighted by Gasteiger charge is -2.14. The van der Waals surface area contributed by atoms with Gasteiger partial charge in [0.15, 0.2) is 0 Å². The monoisotopic (exact) mass is 285 g/mol. The molecule has 0 spiro atoms. The minimum absolute atomic E-state index is 0.00730. The Hall–Kier alpha value is -2.30. The first-order chi connectivity index (χ1) is 10.1. The van der Waals surface area contributed by atoms with Gasteiger partial charge in [-0.25, -0.2) is 0 Å². The zero-order chi connectivity index (χ0) is 15.0. The van der Waals surface area contributed by atoms with E-state index in [-0.39, 0.29) is 11.9 Å². The second kappa shape index (κ2) is 5.24. The molecular weight excluding hydrogens is 266 g/mol. The average Bonchev–Trinajstić information content (AvgIpc) is 2.99. The third-order valence-corrected chi connectivity index (χ3v) is 4.20. The highest BCUT2D eigenvalue weighted by Gasteiger charge is 2.26. The Balaban J connectivity index is 1.72. The van der Waals surface area contributed by atoms with Gasteiger partial charge in [0.1, 0.15) is 5.75 Å². The number of phenolic OH excluding ortho intramolecular Hbond substituents is 1. The molecule has 2 aromatic rings. The molecule has 5 heteroatoms. The van der Waals surface area contributed by atoms with Crippen LogP contribution in [0.3, 0.4) is 0 Å². The minimum Gasteiger partial charge on any atom is -0.508 e. The highest BCUT2D eigenvalue weighted by molar-refractivity contribution is 5.79. The van der Waals surface area contributed by atoms with Crippen LogP contribution < -0.4 is 5.32 Å². The molecule has 3 N–H and O–H groups in total. The second-order valence-corrected chi connectivity index (χ2v) is 5.59. The van der Waals surface area contributed by atoms with Crippen LogP contribution in [-0.4, -0.2) is 21.2 Å². The molecule has 1 aromatic carbocycles. The molecule has 0 unspecified atom stereocenters. The SMILES string of the molecule is Cc1n[nH]c(C)c1CC(=O)N[C@H]1CCc2c(O)cccc21. The van der Waals surface area contributed by atoms with Crippen LogP contribution in [0.4, 0.5) is 0 Å². The van der Waals surface area contributed by atoms with Crippen molar-refractivity contribution in [1.29, 1.82) is 0 Å². The number of aromatic nitrogens is 2. The van der Waals surface area contributed by atoms with Gasteiger partial charge in [0.25, 0.3) is 0 Å². The van der Waals surface area contributed by atoms with Gasteiger partial charge in [0, 0.05) is 11.3 Å². The Morgan fingerprint density at radius 1 is 1.48 bits per heavy atom. The standard InChI is InChI=1S/C16H19N3O2/c1-9-13(10(2)19-18-9)8-16(21)17-14-7-6-12-11(14)4-3-5-15(12)20/h3-5,14,20H,6-8H2,1-2H3,(H,17,21)(H,18,19)/t14-/m0/s1. The van der Waals surface area contributed by atoms with Crippen molar-refractivity contribution in [3.8, 4) is 5.75 Å². The van der Waals surface area contributed by atoms with Crippen LogP contribution in [-0.2, 0) is 17.6 Å². The summed E-state index contributed by atoms with van der Waals surface area (Å²) in [5.41, 5.74) is 4.75. The number of hydrogen-bond donors (Lipinski definition) is 3. The highest BCUT2D eigenvalue weighted by Crippen LogP contribution is 2.36. The number of hydrogen-bond acceptors (Lipinski definition) is 3. The minimum atomic E-state index is -0.0104. The molecule has 1 atom stereocenters. The number of aryl methyl sites for hydroxylation is 2. The third kappa shape index (κ3) is 2.51. The van der Waals surface area contributed by atoms with E-state index in [0.29, 0.717) is 12.2 Å². The molecule has 1 amide bonds. The summed E-state index contributed by atoms with van der Waals surface area (Å²) in [4.78, 5) is 12.3. The van der Waals surface area contributed by atoms with E-state index in [4.69, 9.17) is 0 Å². The molecule has 1 aliphatic rings. The average molecular weight is 285 g/mol. The summed E-state index contributed by atoms with van der Waals surface area (Å²) in [6.45, 7) is 3.82. The zero-order valence-corrected chi connectivity index (χ0v) is 12.2. The molecule has 110 valence electrons. The number of nitrogens with one attached hydrogen (secondary N) is 2. The largest absolute Gasteiger partial charge is 0.508 e. The lowest BCUT2D eigenvalue weighted by Crippen LogP contribution is -2.28. The molecule has 0 saturated heterocycles. The summed E-state index contributed by atoms with van der Waals surface area (Å²) in [7, 11) is 0. The van der Waals surface area contributed by atoms with E-state index in [2.05, 4.69) is 15.5 Å². The molecule has 0 bridgehead atoms. The fourth-order valence-electron chi connectivity index (χ4n) is 3.03. The number of phenols is 1. The lowest BCUT2D eigenvalue weighted by molar-refractivity contribution is -0.121. The summed E-state index contributed by atoms with van der Waals surface area (Å²) in [5, 5.41) is 19.9. The number of nitrogens with zero attached hydrogens (tertiary/aromatic N) is 1. The summed E-state index contributed by atoms with van der Waals surface area (Å²) in [5.74, 6) is 0.314. The first-order valence-corrected chi connectivity index (χ1v) is 7.17. The highest BCUT2D eigenvalue weighted by atomic mass is 16.3. The van der Waals surface area contributed by atoms with Crippen molar-refractivity contribution in [1.82, 2.24) is 15.5 Å². The van der Waals surface area contributed by atoms with Gasteiger partial charge in [-0.1, -0.05) is 12.1 Å². The molecule has 0 radical (unpaired) electrons. The number of aromatic amines is 1. The second-order valence-electron chi connectivity index (χ2n) is 5.59. The maximum absolute atomic E-state index is 12.3. The molecule has 5 nitrogen and oxygen atoms in total. The number of carbonyl (C=O) groups excluding carboxylic acids is 1. The summed E-state index contributed by atoms with van der Waals surface area (Å²) in [6.07, 6.45) is 1.97. The fourth-order valence-corrected chi connectivity index (χ4v) is 3.03. The quantitative estimate of drug-likeness (QED) is 0.808. The van der Waals surface area contributed by atoms with Crippen LogP contribution in [0.1, 0.15) is 40.5 Å². The maximum Gasteiger partial charge on any atom is 0.225 e. The zero-order valence-electron chi connectivity index (χ0n) is 12.2. The Kier molecular flexibility index (Phi) is 3.41. The normalized spacial score (nSPS) is 16.8. The van der Waals surface area contributed by atoms with Crippen LogP contribution in [0.25, 0.3) is 0 Å². The molecule has 0 saturated carbocycles. The van der Waals surface area contributed by atoms with E-state index in [9.17, 15) is 9.90 Å². The number of benzene rings is 1. The first-order valence-electron chi connectivity index (χ1n) is 7.17. The van der Waals surface area contributed by atoms with Crippen molar-refractivity contribution in [2.24, 2.45) is 0 Å². The number of aromatic hydroxyl groups is 1. The number of H-pyrrole nitrogens is 1. The molecule has 1 heterocycles. The van der Waals surface area contributed by atoms with E-state index in [1.807, 2.05) is 26.0 Å². The van der Waals surface area contributed by atoms with Crippen molar-refractivity contribution in [3.05, 3.63) is 46.3 Å². The summed E-state index contributed by atoms with van der Waals surface area (Å²) in [6, 6.07) is 5.48. The van der Waals surface area contributed by atoms with Gasteiger partial charge in [-0.05, 0) is 43.9 Å². The molecule has 1 aliphatic carbocycles. The number of rotatable bonds is 3. The first kappa shape index (κ1) is 13.7. The van der Waals surface area contributed by atoms with Gasteiger partial charge < -0.3 is 10.4 Å². The summed E-state index contributed by atoms with van der Waals surface area (Å²) < 4.78 is 0. The van der Waals surface area contributed by atoms with E-state index in [1.165, 1.54) is 0 Å². The van der Waals surface area contributed by atoms with E-state index in [1.54, 1.807) is 6.07 Å². The molecule has 1 aromatic heterocycles. The third-order valence-electron chi connectivity index (χ3n) is 4.20. The van der Waals surface area contributed by atoms with Crippen LogP contribution in [0.15, 0.2) is 18.2 Å². The molecule has 0 fully saturated rings. The van der Waals surface area contributed by atoms with E-state index in [0.717, 1.165) is 40.9 Å². The fraction of sp³-hybridized carbons (Fsp3) is 0.375. The van der Waals surface area contributed by atoms with Gasteiger partial charge in [-0.3, -0.25) is 9.89 Å². The van der Waals surface area contributed by atoms with Crippen molar-refractivity contribution in [2.45, 2.75) is 39.2 Å². The predicted molar refractivity (Wildman–Crippen MR) is 79.1 cm³/mol. The van der Waals surface area contributed by atoms with Crippen molar-refractivity contribution in [3.63, 3.8) is 0 Å². The van der Waals surface area contributed by atoms with Gasteiger partial charge in [-0.15, -0.1) is 0 Å². The van der Waals surface area contributed by atoms with Gasteiger partial charge in [0.2, 0.25) is 5.91 Å². The van der Waals surface area contributed by atoms with Crippen LogP contribution >= 0.6 is 0 Å². The molecule has 21 heavy (non-hydrogen) atoms. The van der Waals surface area contributed by atoms with Gasteiger partial charge >= 0.3 is 0 Å². The van der Waals surface area contributed by atoms with E-state index < -0.39 is 0 Å². The lowest BCUT2D eigenvalue weighted by atomic mass is 10.1. The van der Waals surface area contributed by atoms with Crippen LogP contribution in [0.2, 0.25) is 0 Å². The topological polar surface area (TPSA) is 78.0 Å². The van der Waals surface area contributed by atoms with Gasteiger partial charge in [0.05, 0.1) is 18.2 Å². The summed E-state index contributed by atoms with van der Waals surface area (Å²) >= 11 is 0. The number of amides is 1. The number of carbonyl (C=O) groups is 1. The van der Waals surface area contributed by atoms with Gasteiger partial charge in [-0.2, -0.15) is 5.10 Å². The number of fused-ring (bicyclic) bond motifs is 1. The van der Waals surface area contributed by atoms with Crippen molar-refractivity contribution in [2.75, 3.05) is 0 Å². The smallest absolute Gasteiger partial charge is 0.225 e. The molecular formula is C16H19N3O2. The predicted octanol–water partition coefficient (Wildman–Crippen LogP) is 2.08. The van der Waals surface area contributed by atoms with Crippen molar-refractivity contribution >= 4 is 5.91 Å². The Labute approximate surface area is 123 Å².